The van der Waals surface area contributed by atoms with Gasteiger partial charge in [0.05, 0.1) is 6.08 Å². The molecule has 0 aromatic rings. The summed E-state index contributed by atoms with van der Waals surface area (Å²) in [4.78, 5) is 0. The van der Waals surface area contributed by atoms with Crippen LogP contribution in [0.1, 0.15) is 32.6 Å². The Morgan fingerprint density at radius 3 is 2.07 bits per heavy atom. The van der Waals surface area contributed by atoms with Crippen LogP contribution in [-0.2, 0) is 0 Å². The van der Waals surface area contributed by atoms with Gasteiger partial charge in [0, 0.05) is 5.92 Å². The molecule has 1 aliphatic rings. The van der Waals surface area contributed by atoms with Gasteiger partial charge in [0.15, 0.2) is 0 Å². The first-order chi connectivity index (χ1) is 6.38. The van der Waals surface area contributed by atoms with Crippen LogP contribution in [0.4, 0.5) is 17.6 Å². The minimum absolute atomic E-state index is 0.201. The van der Waals surface area contributed by atoms with Crippen molar-refractivity contribution in [2.45, 2.75) is 38.8 Å². The molecule has 0 heterocycles. The largest absolute Gasteiger partial charge is 0.412 e. The van der Waals surface area contributed by atoms with Gasteiger partial charge in [-0.2, -0.15) is 13.2 Å². The third-order valence-corrected chi connectivity index (χ3v) is 2.71. The Morgan fingerprint density at radius 2 is 1.64 bits per heavy atom. The molecule has 0 aromatic heterocycles. The fraction of sp³-hybridized carbons (Fsp3) is 0.800. The van der Waals surface area contributed by atoms with E-state index in [1.54, 1.807) is 0 Å². The van der Waals surface area contributed by atoms with Gasteiger partial charge in [0.1, 0.15) is 5.83 Å². The third-order valence-electron chi connectivity index (χ3n) is 2.71. The zero-order valence-corrected chi connectivity index (χ0v) is 8.07. The fourth-order valence-electron chi connectivity index (χ4n) is 1.81. The number of rotatable bonds is 1. The van der Waals surface area contributed by atoms with Crippen molar-refractivity contribution in [1.82, 2.24) is 0 Å². The molecule has 0 bridgehead atoms. The van der Waals surface area contributed by atoms with Crippen molar-refractivity contribution < 1.29 is 17.6 Å². The molecule has 4 heteroatoms. The smallest absolute Gasteiger partial charge is 0.212 e. The first-order valence-electron chi connectivity index (χ1n) is 4.83. The van der Waals surface area contributed by atoms with Gasteiger partial charge in [-0.3, -0.25) is 0 Å². The van der Waals surface area contributed by atoms with Crippen molar-refractivity contribution in [3.8, 4) is 0 Å². The second-order valence-corrected chi connectivity index (χ2v) is 4.03. The highest BCUT2D eigenvalue weighted by molar-refractivity contribution is 5.02. The van der Waals surface area contributed by atoms with Crippen molar-refractivity contribution >= 4 is 0 Å². The highest BCUT2D eigenvalue weighted by Gasteiger charge is 2.29. The summed E-state index contributed by atoms with van der Waals surface area (Å²) >= 11 is 0. The molecule has 0 unspecified atom stereocenters. The van der Waals surface area contributed by atoms with Gasteiger partial charge in [-0.05, 0) is 18.8 Å². The lowest BCUT2D eigenvalue weighted by Crippen LogP contribution is -2.14. The molecule has 1 fully saturated rings. The van der Waals surface area contributed by atoms with Gasteiger partial charge in [0.25, 0.3) is 0 Å². The van der Waals surface area contributed by atoms with Crippen molar-refractivity contribution in [3.63, 3.8) is 0 Å². The van der Waals surface area contributed by atoms with Crippen LogP contribution >= 0.6 is 0 Å². The van der Waals surface area contributed by atoms with Gasteiger partial charge in [-0.25, -0.2) is 4.39 Å². The van der Waals surface area contributed by atoms with Crippen LogP contribution in [0.2, 0.25) is 0 Å². The molecule has 0 atom stereocenters. The zero-order chi connectivity index (χ0) is 10.8. The SMILES string of the molecule is CC1CCC(/C(F)=C/C(F)(F)F)CC1. The zero-order valence-electron chi connectivity index (χ0n) is 8.07. The predicted molar refractivity (Wildman–Crippen MR) is 46.4 cm³/mol. The van der Waals surface area contributed by atoms with Gasteiger partial charge >= 0.3 is 6.18 Å². The van der Waals surface area contributed by atoms with E-state index in [2.05, 4.69) is 0 Å². The second kappa shape index (κ2) is 4.32. The van der Waals surface area contributed by atoms with E-state index in [1.165, 1.54) is 0 Å². The Bertz CT molecular complexity index is 209. The molecule has 1 rings (SSSR count). The number of alkyl halides is 3. The second-order valence-electron chi connectivity index (χ2n) is 4.03. The molecule has 0 saturated heterocycles. The summed E-state index contributed by atoms with van der Waals surface area (Å²) in [7, 11) is 0. The Balaban J connectivity index is 2.53. The van der Waals surface area contributed by atoms with Gasteiger partial charge < -0.3 is 0 Å². The van der Waals surface area contributed by atoms with Gasteiger partial charge in [-0.1, -0.05) is 19.8 Å². The normalized spacial score (nSPS) is 30.5. The standard InChI is InChI=1S/C10H14F4/c1-7-2-4-8(5-3-7)9(11)6-10(12,13)14/h6-8H,2-5H2,1H3/b9-6-. The van der Waals surface area contributed by atoms with Gasteiger partial charge in [-0.15, -0.1) is 0 Å². The highest BCUT2D eigenvalue weighted by atomic mass is 19.4. The molecule has 1 aliphatic carbocycles. The molecule has 0 aromatic carbocycles. The van der Waals surface area contributed by atoms with E-state index >= 15 is 0 Å². The highest BCUT2D eigenvalue weighted by Crippen LogP contribution is 2.35. The van der Waals surface area contributed by atoms with E-state index in [-0.39, 0.29) is 6.08 Å². The Kier molecular flexibility index (Phi) is 3.56. The Labute approximate surface area is 81.0 Å². The van der Waals surface area contributed by atoms with Crippen LogP contribution in [0, 0.1) is 11.8 Å². The van der Waals surface area contributed by atoms with Crippen molar-refractivity contribution in [3.05, 3.63) is 11.9 Å². The summed E-state index contributed by atoms with van der Waals surface area (Å²) < 4.78 is 48.5. The first-order valence-corrected chi connectivity index (χ1v) is 4.83. The van der Waals surface area contributed by atoms with E-state index < -0.39 is 17.9 Å². The summed E-state index contributed by atoms with van der Waals surface area (Å²) in [5, 5.41) is 0. The molecular weight excluding hydrogens is 196 g/mol. The Hall–Kier alpha value is -0.540. The minimum Gasteiger partial charge on any atom is -0.212 e. The maximum atomic E-state index is 13.1. The van der Waals surface area contributed by atoms with Crippen LogP contribution in [-0.4, -0.2) is 6.18 Å². The summed E-state index contributed by atoms with van der Waals surface area (Å²) in [6, 6.07) is 0. The lowest BCUT2D eigenvalue weighted by molar-refractivity contribution is -0.0821. The number of hydrogen-bond donors (Lipinski definition) is 0. The average Bonchev–Trinajstić information content (AvgIpc) is 2.02. The van der Waals surface area contributed by atoms with Crippen LogP contribution < -0.4 is 0 Å². The maximum absolute atomic E-state index is 13.1. The monoisotopic (exact) mass is 210 g/mol. The molecule has 0 aliphatic heterocycles. The summed E-state index contributed by atoms with van der Waals surface area (Å²) in [6.45, 7) is 2.04. The van der Waals surface area contributed by atoms with Crippen LogP contribution in [0.25, 0.3) is 0 Å². The molecule has 82 valence electrons. The Morgan fingerprint density at radius 1 is 1.14 bits per heavy atom. The molecule has 0 nitrogen and oxygen atoms in total. The van der Waals surface area contributed by atoms with E-state index in [9.17, 15) is 17.6 Å². The van der Waals surface area contributed by atoms with Crippen molar-refractivity contribution in [2.75, 3.05) is 0 Å². The molecule has 0 amide bonds. The molecule has 1 saturated carbocycles. The van der Waals surface area contributed by atoms with Crippen LogP contribution in [0.5, 0.6) is 0 Å². The van der Waals surface area contributed by atoms with E-state index in [0.717, 1.165) is 12.8 Å². The molecule has 14 heavy (non-hydrogen) atoms. The predicted octanol–water partition coefficient (Wildman–Crippen LogP) is 4.23. The average molecular weight is 210 g/mol. The van der Waals surface area contributed by atoms with E-state index in [4.69, 9.17) is 0 Å². The van der Waals surface area contributed by atoms with Crippen LogP contribution in [0.3, 0.4) is 0 Å². The molecule has 0 radical (unpaired) electrons. The summed E-state index contributed by atoms with van der Waals surface area (Å²) in [6.07, 6.45) is -1.99. The lowest BCUT2D eigenvalue weighted by Gasteiger charge is -2.24. The van der Waals surface area contributed by atoms with E-state index in [1.807, 2.05) is 6.92 Å². The summed E-state index contributed by atoms with van der Waals surface area (Å²) in [5.74, 6) is -0.984. The van der Waals surface area contributed by atoms with Gasteiger partial charge in [0.2, 0.25) is 0 Å². The minimum atomic E-state index is -4.52. The number of halogens is 4. The quantitative estimate of drug-likeness (QED) is 0.568. The van der Waals surface area contributed by atoms with Crippen molar-refractivity contribution in [2.24, 2.45) is 11.8 Å². The van der Waals surface area contributed by atoms with E-state index in [0.29, 0.717) is 18.8 Å². The number of hydrogen-bond acceptors (Lipinski definition) is 0. The molecule has 0 N–H and O–H groups in total. The first kappa shape index (κ1) is 11.5. The maximum Gasteiger partial charge on any atom is 0.412 e. The molecule has 0 spiro atoms. The lowest BCUT2D eigenvalue weighted by atomic mass is 9.82. The molecular formula is C10H14F4. The topological polar surface area (TPSA) is 0 Å². The third kappa shape index (κ3) is 3.68. The van der Waals surface area contributed by atoms with Crippen LogP contribution in [0.15, 0.2) is 11.9 Å². The number of allylic oxidation sites excluding steroid dienone is 2. The fourth-order valence-corrected chi connectivity index (χ4v) is 1.81. The summed E-state index contributed by atoms with van der Waals surface area (Å²) in [5.41, 5.74) is 0. The van der Waals surface area contributed by atoms with Crippen molar-refractivity contribution in [1.29, 1.82) is 0 Å².